The van der Waals surface area contributed by atoms with Gasteiger partial charge in [0.05, 0.1) is 16.9 Å². The summed E-state index contributed by atoms with van der Waals surface area (Å²) in [5.41, 5.74) is 1.43. The summed E-state index contributed by atoms with van der Waals surface area (Å²) in [6.07, 6.45) is 5.96. The molecule has 2 saturated heterocycles. The van der Waals surface area contributed by atoms with Crippen LogP contribution in [0.4, 0.5) is 5.00 Å². The van der Waals surface area contributed by atoms with Crippen LogP contribution in [0.3, 0.4) is 0 Å². The molecule has 2 N–H and O–H groups in total. The molecule has 132 valence electrons. The Kier molecular flexibility index (Phi) is 4.49. The second-order valence-corrected chi connectivity index (χ2v) is 7.97. The highest BCUT2D eigenvalue weighted by atomic mass is 32.1. The van der Waals surface area contributed by atoms with Gasteiger partial charge in [-0.15, -0.1) is 0 Å². The number of carbonyl (C=O) groups excluding carboxylic acids is 1. The monoisotopic (exact) mass is 351 g/mol. The van der Waals surface area contributed by atoms with Crippen LogP contribution in [0.2, 0.25) is 0 Å². The Bertz CT molecular complexity index is 603. The summed E-state index contributed by atoms with van der Waals surface area (Å²) in [5.74, 6) is -0.00138. The van der Waals surface area contributed by atoms with Gasteiger partial charge in [-0.25, -0.2) is 0 Å². The lowest BCUT2D eigenvalue weighted by atomic mass is 9.84. The molecule has 0 bridgehead atoms. The minimum Gasteiger partial charge on any atom is -0.381 e. The number of aromatic nitrogens is 1. The predicted octanol–water partition coefficient (Wildman–Crippen LogP) is 2.48. The van der Waals surface area contributed by atoms with Gasteiger partial charge < -0.3 is 20.1 Å². The number of rotatable bonds is 4. The standard InChI is InChI=1S/C17H25N3O3S/c1-11-14(16(24-20-11)19-12-2-3-12)15(21)18-13-4-7-23-17(10-13)5-8-22-9-6-17/h12-13,19H,2-10H2,1H3,(H,18,21). The lowest BCUT2D eigenvalue weighted by molar-refractivity contribution is -0.139. The number of carbonyl (C=O) groups is 1. The van der Waals surface area contributed by atoms with Gasteiger partial charge in [0.2, 0.25) is 0 Å². The molecule has 1 atom stereocenters. The molecule has 1 aliphatic carbocycles. The van der Waals surface area contributed by atoms with Crippen LogP contribution in [0.5, 0.6) is 0 Å². The first kappa shape index (κ1) is 16.3. The number of amides is 1. The molecule has 1 unspecified atom stereocenters. The van der Waals surface area contributed by atoms with Crippen LogP contribution in [0.25, 0.3) is 0 Å². The SMILES string of the molecule is Cc1nsc(NC2CC2)c1C(=O)NC1CCOC2(CCOCC2)C1. The summed E-state index contributed by atoms with van der Waals surface area (Å²) in [5, 5.41) is 7.59. The zero-order chi connectivity index (χ0) is 16.6. The number of aryl methyl sites for hydroxylation is 1. The molecule has 7 heteroatoms. The van der Waals surface area contributed by atoms with Gasteiger partial charge in [-0.2, -0.15) is 4.37 Å². The van der Waals surface area contributed by atoms with Gasteiger partial charge in [0, 0.05) is 31.9 Å². The highest BCUT2D eigenvalue weighted by Crippen LogP contribution is 2.35. The molecular weight excluding hydrogens is 326 g/mol. The summed E-state index contributed by atoms with van der Waals surface area (Å²) in [4.78, 5) is 12.8. The van der Waals surface area contributed by atoms with Crippen LogP contribution >= 0.6 is 11.5 Å². The van der Waals surface area contributed by atoms with Gasteiger partial charge in [0.25, 0.3) is 5.91 Å². The van der Waals surface area contributed by atoms with Gasteiger partial charge in [-0.1, -0.05) is 0 Å². The molecule has 6 nitrogen and oxygen atoms in total. The van der Waals surface area contributed by atoms with Gasteiger partial charge in [-0.05, 0) is 57.0 Å². The highest BCUT2D eigenvalue weighted by molar-refractivity contribution is 7.10. The van der Waals surface area contributed by atoms with Crippen LogP contribution in [0.15, 0.2) is 0 Å². The first-order chi connectivity index (χ1) is 11.7. The molecule has 24 heavy (non-hydrogen) atoms. The summed E-state index contributed by atoms with van der Waals surface area (Å²) in [7, 11) is 0. The van der Waals surface area contributed by atoms with Gasteiger partial charge in [0.1, 0.15) is 5.00 Å². The average molecular weight is 351 g/mol. The van der Waals surface area contributed by atoms with Crippen molar-refractivity contribution in [2.45, 2.75) is 63.1 Å². The highest BCUT2D eigenvalue weighted by Gasteiger charge is 2.39. The van der Waals surface area contributed by atoms with E-state index in [1.165, 1.54) is 24.4 Å². The van der Waals surface area contributed by atoms with E-state index in [2.05, 4.69) is 15.0 Å². The van der Waals surface area contributed by atoms with Crippen molar-refractivity contribution >= 4 is 22.4 Å². The van der Waals surface area contributed by atoms with E-state index in [1.807, 2.05) is 6.92 Å². The topological polar surface area (TPSA) is 72.5 Å². The smallest absolute Gasteiger partial charge is 0.256 e. The maximum atomic E-state index is 12.8. The summed E-state index contributed by atoms with van der Waals surface area (Å²) < 4.78 is 15.9. The second kappa shape index (κ2) is 6.61. The van der Waals surface area contributed by atoms with E-state index in [1.54, 1.807) is 0 Å². The maximum Gasteiger partial charge on any atom is 0.256 e. The van der Waals surface area contributed by atoms with Crippen LogP contribution in [0.1, 0.15) is 54.6 Å². The Balaban J connectivity index is 1.43. The van der Waals surface area contributed by atoms with Gasteiger partial charge in [0.15, 0.2) is 0 Å². The number of anilines is 1. The summed E-state index contributed by atoms with van der Waals surface area (Å²) >= 11 is 1.39. The fraction of sp³-hybridized carbons (Fsp3) is 0.765. The van der Waals surface area contributed by atoms with E-state index in [0.717, 1.165) is 55.2 Å². The zero-order valence-corrected chi connectivity index (χ0v) is 14.9. The van der Waals surface area contributed by atoms with Crippen LogP contribution < -0.4 is 10.6 Å². The Labute approximate surface area is 146 Å². The lowest BCUT2D eigenvalue weighted by Crippen LogP contribution is -2.51. The summed E-state index contributed by atoms with van der Waals surface area (Å²) in [6, 6.07) is 0.683. The van der Waals surface area contributed by atoms with E-state index < -0.39 is 0 Å². The third kappa shape index (κ3) is 3.43. The molecule has 0 aromatic carbocycles. The molecular formula is C17H25N3O3S. The Hall–Kier alpha value is -1.18. The molecule has 2 aliphatic heterocycles. The van der Waals surface area contributed by atoms with E-state index in [0.29, 0.717) is 12.6 Å². The quantitative estimate of drug-likeness (QED) is 0.872. The molecule has 1 aromatic heterocycles. The average Bonchev–Trinajstić information content (AvgIpc) is 3.30. The number of hydrogen-bond acceptors (Lipinski definition) is 6. The van der Waals surface area contributed by atoms with E-state index in [4.69, 9.17) is 9.47 Å². The molecule has 0 radical (unpaired) electrons. The fourth-order valence-electron chi connectivity index (χ4n) is 3.65. The van der Waals surface area contributed by atoms with E-state index in [-0.39, 0.29) is 17.6 Å². The zero-order valence-electron chi connectivity index (χ0n) is 14.1. The number of hydrogen-bond donors (Lipinski definition) is 2. The van der Waals surface area contributed by atoms with Crippen molar-refractivity contribution in [2.24, 2.45) is 0 Å². The Morgan fingerprint density at radius 2 is 2.00 bits per heavy atom. The molecule has 1 spiro atoms. The molecule has 1 saturated carbocycles. The summed E-state index contributed by atoms with van der Waals surface area (Å²) in [6.45, 7) is 4.12. The molecule has 1 amide bonds. The third-order valence-corrected chi connectivity index (χ3v) is 6.10. The van der Waals surface area contributed by atoms with Crippen molar-refractivity contribution in [3.8, 4) is 0 Å². The number of ether oxygens (including phenoxy) is 2. The molecule has 3 aliphatic rings. The van der Waals surface area contributed by atoms with Crippen molar-refractivity contribution in [1.82, 2.24) is 9.69 Å². The number of nitrogens with one attached hydrogen (secondary N) is 2. The van der Waals surface area contributed by atoms with Crippen molar-refractivity contribution in [3.63, 3.8) is 0 Å². The van der Waals surface area contributed by atoms with E-state index in [9.17, 15) is 4.79 Å². The first-order valence-corrected chi connectivity index (χ1v) is 9.68. The lowest BCUT2D eigenvalue weighted by Gasteiger charge is -2.43. The Morgan fingerprint density at radius 3 is 2.75 bits per heavy atom. The second-order valence-electron chi connectivity index (χ2n) is 7.20. The van der Waals surface area contributed by atoms with Crippen LogP contribution in [-0.2, 0) is 9.47 Å². The largest absolute Gasteiger partial charge is 0.381 e. The van der Waals surface area contributed by atoms with Crippen LogP contribution in [0, 0.1) is 6.92 Å². The predicted molar refractivity (Wildman–Crippen MR) is 92.7 cm³/mol. The molecule has 1 aromatic rings. The molecule has 3 fully saturated rings. The van der Waals surface area contributed by atoms with Crippen molar-refractivity contribution in [3.05, 3.63) is 11.3 Å². The minimum atomic E-state index is -0.106. The minimum absolute atomic E-state index is 0.00138. The number of nitrogens with zero attached hydrogens (tertiary/aromatic N) is 1. The van der Waals surface area contributed by atoms with Crippen molar-refractivity contribution < 1.29 is 14.3 Å². The van der Waals surface area contributed by atoms with Crippen LogP contribution in [-0.4, -0.2) is 47.8 Å². The normalized spacial score (nSPS) is 26.3. The Morgan fingerprint density at radius 1 is 1.21 bits per heavy atom. The van der Waals surface area contributed by atoms with E-state index >= 15 is 0 Å². The third-order valence-electron chi connectivity index (χ3n) is 5.23. The van der Waals surface area contributed by atoms with Gasteiger partial charge in [-0.3, -0.25) is 4.79 Å². The maximum absolute atomic E-state index is 12.8. The van der Waals surface area contributed by atoms with Gasteiger partial charge >= 0.3 is 0 Å². The molecule has 3 heterocycles. The fourth-order valence-corrected chi connectivity index (χ4v) is 4.52. The first-order valence-electron chi connectivity index (χ1n) is 8.91. The molecule has 4 rings (SSSR count). The van der Waals surface area contributed by atoms with Crippen molar-refractivity contribution in [2.75, 3.05) is 25.1 Å². The van der Waals surface area contributed by atoms with Crippen molar-refractivity contribution in [1.29, 1.82) is 0 Å².